The Labute approximate surface area is 562 Å². The SMILES string of the molecule is CCC(C)CCCCCCCCCCCCCCCCC(=O)O[C@H](COC(=O)CCCCCCCCC(C)CC)COP(=O)(O)OC[C@@H](O)COP(=O)(O)OC[C@@H](COC(=O)CCCCCCCCC(C)CC)OC(=O)CCCCCCCCCCCCC(C)CC. The van der Waals surface area contributed by atoms with Crippen LogP contribution in [-0.4, -0.2) is 96.7 Å². The Morgan fingerprint density at radius 2 is 0.489 bits per heavy atom. The lowest BCUT2D eigenvalue weighted by Crippen LogP contribution is -2.30. The minimum atomic E-state index is -4.95. The number of rotatable bonds is 70. The van der Waals surface area contributed by atoms with Crippen LogP contribution in [0.5, 0.6) is 0 Å². The molecule has 0 spiro atoms. The molecule has 0 aliphatic rings. The van der Waals surface area contributed by atoms with E-state index in [1.54, 1.807) is 0 Å². The van der Waals surface area contributed by atoms with Crippen molar-refractivity contribution in [2.75, 3.05) is 39.6 Å². The molecule has 0 aliphatic carbocycles. The molecule has 9 atom stereocenters. The van der Waals surface area contributed by atoms with Crippen LogP contribution in [0.1, 0.15) is 364 Å². The summed E-state index contributed by atoms with van der Waals surface area (Å²) in [4.78, 5) is 72.7. The molecule has 0 aromatic carbocycles. The smallest absolute Gasteiger partial charge is 0.462 e. The zero-order valence-corrected chi connectivity index (χ0v) is 62.0. The van der Waals surface area contributed by atoms with Crippen LogP contribution in [0.15, 0.2) is 0 Å². The summed E-state index contributed by atoms with van der Waals surface area (Å²) in [5.41, 5.74) is 0. The van der Waals surface area contributed by atoms with Crippen molar-refractivity contribution in [3.8, 4) is 0 Å². The third kappa shape index (κ3) is 61.6. The van der Waals surface area contributed by atoms with E-state index in [0.29, 0.717) is 25.7 Å². The first-order valence-corrected chi connectivity index (χ1v) is 40.8. The molecule has 19 heteroatoms. The number of carbonyl (C=O) groups is 4. The van der Waals surface area contributed by atoms with Crippen LogP contribution in [0.25, 0.3) is 0 Å². The van der Waals surface area contributed by atoms with Gasteiger partial charge < -0.3 is 33.8 Å². The second kappa shape index (κ2) is 62.6. The van der Waals surface area contributed by atoms with Gasteiger partial charge in [-0.15, -0.1) is 0 Å². The molecule has 0 amide bonds. The van der Waals surface area contributed by atoms with Crippen molar-refractivity contribution >= 4 is 39.5 Å². The van der Waals surface area contributed by atoms with Crippen molar-refractivity contribution in [3.05, 3.63) is 0 Å². The molecule has 0 bridgehead atoms. The van der Waals surface area contributed by atoms with Crippen LogP contribution in [0, 0.1) is 23.7 Å². The zero-order valence-electron chi connectivity index (χ0n) is 60.2. The number of hydrogen-bond donors (Lipinski definition) is 3. The van der Waals surface area contributed by atoms with E-state index in [9.17, 15) is 43.2 Å². The Balaban J connectivity index is 5.24. The van der Waals surface area contributed by atoms with Crippen molar-refractivity contribution in [1.29, 1.82) is 0 Å². The summed E-state index contributed by atoms with van der Waals surface area (Å²) >= 11 is 0. The summed E-state index contributed by atoms with van der Waals surface area (Å²) in [5.74, 6) is 0.983. The molecule has 6 unspecified atom stereocenters. The van der Waals surface area contributed by atoms with Gasteiger partial charge >= 0.3 is 39.5 Å². The van der Waals surface area contributed by atoms with E-state index in [1.165, 1.54) is 154 Å². The highest BCUT2D eigenvalue weighted by Crippen LogP contribution is 2.45. The number of carbonyl (C=O) groups excluding carboxylic acids is 4. The van der Waals surface area contributed by atoms with E-state index in [2.05, 4.69) is 55.4 Å². The topological polar surface area (TPSA) is 237 Å². The van der Waals surface area contributed by atoms with E-state index in [0.717, 1.165) is 126 Å². The molecular weight excluding hydrogens is 1210 g/mol. The highest BCUT2D eigenvalue weighted by atomic mass is 31.2. The van der Waals surface area contributed by atoms with Gasteiger partial charge in [-0.1, -0.05) is 312 Å². The Bertz CT molecular complexity index is 1820. The predicted octanol–water partition coefficient (Wildman–Crippen LogP) is 20.9. The number of ether oxygens (including phenoxy) is 4. The van der Waals surface area contributed by atoms with Gasteiger partial charge in [0.1, 0.15) is 19.3 Å². The predicted molar refractivity (Wildman–Crippen MR) is 372 cm³/mol. The summed E-state index contributed by atoms with van der Waals surface area (Å²) in [6.45, 7) is 14.2. The van der Waals surface area contributed by atoms with E-state index in [4.69, 9.17) is 37.0 Å². The average molecular weight is 1350 g/mol. The lowest BCUT2D eigenvalue weighted by Gasteiger charge is -2.21. The maximum Gasteiger partial charge on any atom is 0.472 e. The summed E-state index contributed by atoms with van der Waals surface area (Å²) in [6, 6.07) is 0. The van der Waals surface area contributed by atoms with Gasteiger partial charge in [0.15, 0.2) is 12.2 Å². The Hall–Kier alpha value is -1.94. The van der Waals surface area contributed by atoms with Crippen molar-refractivity contribution < 1.29 is 80.2 Å². The number of hydrogen-bond acceptors (Lipinski definition) is 15. The summed E-state index contributed by atoms with van der Waals surface area (Å²) in [6.07, 6.45) is 45.7. The largest absolute Gasteiger partial charge is 0.472 e. The lowest BCUT2D eigenvalue weighted by molar-refractivity contribution is -0.161. The van der Waals surface area contributed by atoms with Gasteiger partial charge in [-0.2, -0.15) is 0 Å². The van der Waals surface area contributed by atoms with Crippen molar-refractivity contribution in [2.45, 2.75) is 382 Å². The third-order valence-corrected chi connectivity index (χ3v) is 20.2. The normalized spacial score (nSPS) is 15.4. The first-order chi connectivity index (χ1) is 44.2. The van der Waals surface area contributed by atoms with E-state index in [-0.39, 0.29) is 25.7 Å². The Morgan fingerprint density at radius 1 is 0.293 bits per heavy atom. The molecule has 0 heterocycles. The summed E-state index contributed by atoms with van der Waals surface area (Å²) < 4.78 is 68.4. The summed E-state index contributed by atoms with van der Waals surface area (Å²) in [7, 11) is -9.91. The fourth-order valence-corrected chi connectivity index (χ4v) is 12.5. The monoisotopic (exact) mass is 1350 g/mol. The average Bonchev–Trinajstić information content (AvgIpc) is 1.71. The number of aliphatic hydroxyl groups is 1. The molecule has 0 aromatic heterocycles. The minimum absolute atomic E-state index is 0.105. The first-order valence-electron chi connectivity index (χ1n) is 37.9. The molecular formula is C73H142O17P2. The highest BCUT2D eigenvalue weighted by molar-refractivity contribution is 7.47. The van der Waals surface area contributed by atoms with E-state index < -0.39 is 97.5 Å². The molecule has 546 valence electrons. The van der Waals surface area contributed by atoms with Gasteiger partial charge in [0.25, 0.3) is 0 Å². The van der Waals surface area contributed by atoms with Gasteiger partial charge in [0, 0.05) is 25.7 Å². The fourth-order valence-electron chi connectivity index (χ4n) is 10.9. The van der Waals surface area contributed by atoms with Gasteiger partial charge in [-0.3, -0.25) is 37.3 Å². The molecule has 3 N–H and O–H groups in total. The zero-order chi connectivity index (χ0) is 68.2. The van der Waals surface area contributed by atoms with E-state index in [1.807, 2.05) is 0 Å². The van der Waals surface area contributed by atoms with Crippen LogP contribution in [-0.2, 0) is 65.4 Å². The molecule has 0 radical (unpaired) electrons. The van der Waals surface area contributed by atoms with Crippen LogP contribution in [0.2, 0.25) is 0 Å². The molecule has 0 aliphatic heterocycles. The van der Waals surface area contributed by atoms with Gasteiger partial charge in [-0.25, -0.2) is 9.13 Å². The highest BCUT2D eigenvalue weighted by Gasteiger charge is 2.30. The maximum absolute atomic E-state index is 13.0. The molecule has 0 saturated heterocycles. The number of phosphoric ester groups is 2. The standard InChI is InChI=1S/C73H142O17P2/c1-9-63(5)49-41-33-25-21-17-15-13-14-16-18-23-27-39-47-55-72(77)89-68(59-83-70(75)53-45-37-31-29-35-43-51-65(7)11-3)61-87-91(79,80)85-57-67(74)58-86-92(81,82)88-62-69(60-84-71(76)54-46-38-32-30-36-44-52-66(8)12-4)90-73(78)56-48-40-28-24-20-19-22-26-34-42-50-64(6)10-2/h63-69,74H,9-62H2,1-8H3,(H,79,80)(H,81,82)/t63?,64?,65?,66?,67-,68-,69-/m1/s1. The van der Waals surface area contributed by atoms with Crippen LogP contribution >= 0.6 is 15.6 Å². The fraction of sp³-hybridized carbons (Fsp3) is 0.945. The number of unbranched alkanes of at least 4 members (excludes halogenated alkanes) is 32. The van der Waals surface area contributed by atoms with Crippen molar-refractivity contribution in [1.82, 2.24) is 0 Å². The summed E-state index contributed by atoms with van der Waals surface area (Å²) in [5, 5.41) is 10.6. The molecule has 0 fully saturated rings. The second-order valence-corrected chi connectivity index (χ2v) is 30.2. The molecule has 92 heavy (non-hydrogen) atoms. The quantitative estimate of drug-likeness (QED) is 0.0222. The maximum atomic E-state index is 13.0. The van der Waals surface area contributed by atoms with Crippen molar-refractivity contribution in [3.63, 3.8) is 0 Å². The number of aliphatic hydroxyl groups excluding tert-OH is 1. The lowest BCUT2D eigenvalue weighted by atomic mass is 9.99. The van der Waals surface area contributed by atoms with Gasteiger partial charge in [0.2, 0.25) is 0 Å². The molecule has 0 saturated carbocycles. The first kappa shape index (κ1) is 90.1. The molecule has 0 rings (SSSR count). The molecule has 0 aromatic rings. The van der Waals surface area contributed by atoms with Crippen LogP contribution in [0.3, 0.4) is 0 Å². The van der Waals surface area contributed by atoms with Gasteiger partial charge in [-0.05, 0) is 49.4 Å². The third-order valence-electron chi connectivity index (χ3n) is 18.3. The van der Waals surface area contributed by atoms with E-state index >= 15 is 0 Å². The number of phosphoric acid groups is 2. The minimum Gasteiger partial charge on any atom is -0.462 e. The Kier molecular flexibility index (Phi) is 61.3. The van der Waals surface area contributed by atoms with Gasteiger partial charge in [0.05, 0.1) is 26.4 Å². The number of esters is 4. The molecule has 17 nitrogen and oxygen atoms in total. The van der Waals surface area contributed by atoms with Crippen LogP contribution in [0.4, 0.5) is 0 Å². The second-order valence-electron chi connectivity index (χ2n) is 27.3. The van der Waals surface area contributed by atoms with Crippen molar-refractivity contribution in [2.24, 2.45) is 23.7 Å². The van der Waals surface area contributed by atoms with Crippen LogP contribution < -0.4 is 0 Å². The Morgan fingerprint density at radius 3 is 0.717 bits per heavy atom.